The first-order chi connectivity index (χ1) is 16.9. The van der Waals surface area contributed by atoms with Gasteiger partial charge in [0.1, 0.15) is 0 Å². The summed E-state index contributed by atoms with van der Waals surface area (Å²) in [5.41, 5.74) is 6.25. The number of esters is 1. The number of ether oxygens (including phenoxy) is 1. The van der Waals surface area contributed by atoms with E-state index in [2.05, 4.69) is 22.9 Å². The number of carbonyl (C=O) groups is 1. The Balaban J connectivity index is 0.000000394. The summed E-state index contributed by atoms with van der Waals surface area (Å²) in [5, 5.41) is 4.40. The molecule has 4 nitrogen and oxygen atoms in total. The summed E-state index contributed by atoms with van der Waals surface area (Å²) in [7, 11) is 1.88. The van der Waals surface area contributed by atoms with Crippen LogP contribution in [0.5, 0.6) is 0 Å². The average Bonchev–Trinajstić information content (AvgIpc) is 3.24. The summed E-state index contributed by atoms with van der Waals surface area (Å²) in [6.07, 6.45) is 3.50. The molecular weight excluding hydrogens is 479 g/mol. The van der Waals surface area contributed by atoms with E-state index in [4.69, 9.17) is 27.9 Å². The topological polar surface area (TPSA) is 43.3 Å². The lowest BCUT2D eigenvalue weighted by atomic mass is 10.0. The van der Waals surface area contributed by atoms with Gasteiger partial charge in [-0.2, -0.15) is 0 Å². The van der Waals surface area contributed by atoms with E-state index in [0.717, 1.165) is 34.9 Å². The van der Waals surface area contributed by atoms with E-state index < -0.39 is 0 Å². The van der Waals surface area contributed by atoms with Gasteiger partial charge in [0.2, 0.25) is 0 Å². The summed E-state index contributed by atoms with van der Waals surface area (Å²) in [5.74, 6) is -0.293. The molecule has 192 valence electrons. The molecular formula is C29H40Cl2N2O2. The number of nitrogens with one attached hydrogen (secondary N) is 1. The van der Waals surface area contributed by atoms with Crippen molar-refractivity contribution in [1.29, 1.82) is 0 Å². The quantitative estimate of drug-likeness (QED) is 0.350. The Morgan fingerprint density at radius 2 is 1.60 bits per heavy atom. The standard InChI is InChI=1S/C18H20ClNO2.C7H8ClN.2C2H6/c1-3-22-18(21)14-8-7-13(19)11-15(14)17-10-12(2)16-6-4-5-9-20(16)17;1-9-7-4-2-6(8)3-5-7;2*1-2/h7-8,10-11H,3-6,9H2,1-2H3;2-5,9H,1H3;2*1-2H3. The Morgan fingerprint density at radius 3 is 2.20 bits per heavy atom. The number of fused-ring (bicyclic) bond motifs is 1. The van der Waals surface area contributed by atoms with Crippen LogP contribution in [0.15, 0.2) is 48.5 Å². The van der Waals surface area contributed by atoms with E-state index in [0.29, 0.717) is 17.2 Å². The number of hydrogen-bond acceptors (Lipinski definition) is 3. The average molecular weight is 520 g/mol. The normalized spacial score (nSPS) is 11.3. The number of aryl methyl sites for hydroxylation is 1. The maximum atomic E-state index is 12.3. The lowest BCUT2D eigenvalue weighted by Gasteiger charge is -2.20. The van der Waals surface area contributed by atoms with Crippen molar-refractivity contribution in [2.75, 3.05) is 19.0 Å². The lowest BCUT2D eigenvalue weighted by molar-refractivity contribution is 0.0527. The fourth-order valence-electron chi connectivity index (χ4n) is 3.83. The molecule has 3 aromatic rings. The van der Waals surface area contributed by atoms with E-state index in [-0.39, 0.29) is 5.97 Å². The monoisotopic (exact) mass is 518 g/mol. The van der Waals surface area contributed by atoms with Crippen molar-refractivity contribution in [3.05, 3.63) is 75.4 Å². The van der Waals surface area contributed by atoms with Crippen LogP contribution in [0.25, 0.3) is 11.3 Å². The summed E-state index contributed by atoms with van der Waals surface area (Å²) in [6.45, 7) is 13.3. The van der Waals surface area contributed by atoms with Gasteiger partial charge in [0.15, 0.2) is 0 Å². The predicted octanol–water partition coefficient (Wildman–Crippen LogP) is 9.06. The van der Waals surface area contributed by atoms with E-state index in [1.54, 1.807) is 12.1 Å². The van der Waals surface area contributed by atoms with Crippen LogP contribution in [0.4, 0.5) is 5.69 Å². The fraction of sp³-hybridized carbons (Fsp3) is 0.414. The van der Waals surface area contributed by atoms with Gasteiger partial charge in [0.05, 0.1) is 12.2 Å². The molecule has 35 heavy (non-hydrogen) atoms. The van der Waals surface area contributed by atoms with Gasteiger partial charge in [-0.1, -0.05) is 50.9 Å². The molecule has 1 aliphatic heterocycles. The second-order valence-electron chi connectivity index (χ2n) is 7.44. The molecule has 0 saturated heterocycles. The molecule has 4 rings (SSSR count). The Kier molecular flexibility index (Phi) is 14.2. The minimum absolute atomic E-state index is 0.293. The smallest absolute Gasteiger partial charge is 0.338 e. The van der Waals surface area contributed by atoms with Gasteiger partial charge in [-0.15, -0.1) is 0 Å². The number of aromatic nitrogens is 1. The first-order valence-electron chi connectivity index (χ1n) is 12.5. The van der Waals surface area contributed by atoms with Crippen LogP contribution in [0, 0.1) is 6.92 Å². The molecule has 0 aliphatic carbocycles. The number of hydrogen-bond donors (Lipinski definition) is 1. The number of nitrogens with zero attached hydrogens (tertiary/aromatic N) is 1. The van der Waals surface area contributed by atoms with Gasteiger partial charge in [-0.05, 0) is 87.2 Å². The van der Waals surface area contributed by atoms with E-state index >= 15 is 0 Å². The molecule has 0 saturated carbocycles. The lowest BCUT2D eigenvalue weighted by Crippen LogP contribution is -2.13. The van der Waals surface area contributed by atoms with Crippen molar-refractivity contribution < 1.29 is 9.53 Å². The molecule has 0 spiro atoms. The van der Waals surface area contributed by atoms with Gasteiger partial charge in [0, 0.05) is 46.3 Å². The summed E-state index contributed by atoms with van der Waals surface area (Å²) in [4.78, 5) is 12.3. The highest BCUT2D eigenvalue weighted by Crippen LogP contribution is 2.33. The molecule has 1 aliphatic rings. The number of halogens is 2. The van der Waals surface area contributed by atoms with Crippen molar-refractivity contribution in [3.63, 3.8) is 0 Å². The molecule has 0 radical (unpaired) electrons. The van der Waals surface area contributed by atoms with Crippen LogP contribution in [0.3, 0.4) is 0 Å². The minimum atomic E-state index is -0.293. The summed E-state index contributed by atoms with van der Waals surface area (Å²) >= 11 is 11.8. The first kappa shape index (κ1) is 30.6. The molecule has 2 aromatic carbocycles. The molecule has 6 heteroatoms. The maximum Gasteiger partial charge on any atom is 0.338 e. The largest absolute Gasteiger partial charge is 0.462 e. The van der Waals surface area contributed by atoms with E-state index in [1.165, 1.54) is 24.1 Å². The number of benzene rings is 2. The van der Waals surface area contributed by atoms with Crippen molar-refractivity contribution in [2.24, 2.45) is 0 Å². The molecule has 0 fully saturated rings. The zero-order valence-electron chi connectivity index (χ0n) is 22.2. The Labute approximate surface area is 221 Å². The van der Waals surface area contributed by atoms with E-state index in [1.807, 2.05) is 72.0 Å². The fourth-order valence-corrected chi connectivity index (χ4v) is 4.13. The Hall–Kier alpha value is -2.43. The van der Waals surface area contributed by atoms with Crippen LogP contribution >= 0.6 is 23.2 Å². The highest BCUT2D eigenvalue weighted by molar-refractivity contribution is 6.31. The molecule has 0 bridgehead atoms. The molecule has 0 atom stereocenters. The van der Waals surface area contributed by atoms with Crippen LogP contribution in [-0.2, 0) is 17.7 Å². The molecule has 0 amide bonds. The predicted molar refractivity (Wildman–Crippen MR) is 152 cm³/mol. The van der Waals surface area contributed by atoms with Gasteiger partial charge in [-0.25, -0.2) is 4.79 Å². The second-order valence-corrected chi connectivity index (χ2v) is 8.31. The molecule has 1 N–H and O–H groups in total. The molecule has 2 heterocycles. The molecule has 1 aromatic heterocycles. The number of carbonyl (C=O) groups excluding carboxylic acids is 1. The van der Waals surface area contributed by atoms with Crippen LogP contribution in [0.2, 0.25) is 10.0 Å². The van der Waals surface area contributed by atoms with Crippen LogP contribution in [-0.4, -0.2) is 24.2 Å². The highest BCUT2D eigenvalue weighted by atomic mass is 35.5. The number of anilines is 1. The zero-order chi connectivity index (χ0) is 26.4. The number of rotatable bonds is 4. The van der Waals surface area contributed by atoms with Gasteiger partial charge < -0.3 is 14.6 Å². The van der Waals surface area contributed by atoms with Crippen LogP contribution in [0.1, 0.15) is 69.1 Å². The Bertz CT molecular complexity index is 1040. The van der Waals surface area contributed by atoms with Crippen molar-refractivity contribution in [2.45, 2.75) is 67.3 Å². The zero-order valence-corrected chi connectivity index (χ0v) is 23.7. The third-order valence-corrected chi connectivity index (χ3v) is 5.84. The van der Waals surface area contributed by atoms with Gasteiger partial charge >= 0.3 is 5.97 Å². The van der Waals surface area contributed by atoms with Gasteiger partial charge in [0.25, 0.3) is 0 Å². The van der Waals surface area contributed by atoms with Crippen molar-refractivity contribution >= 4 is 34.9 Å². The van der Waals surface area contributed by atoms with Crippen LogP contribution < -0.4 is 5.32 Å². The summed E-state index contributed by atoms with van der Waals surface area (Å²) in [6, 6.07) is 15.1. The minimum Gasteiger partial charge on any atom is -0.462 e. The van der Waals surface area contributed by atoms with Crippen molar-refractivity contribution in [3.8, 4) is 11.3 Å². The Morgan fingerprint density at radius 1 is 0.971 bits per heavy atom. The van der Waals surface area contributed by atoms with E-state index in [9.17, 15) is 4.79 Å². The molecule has 0 unspecified atom stereocenters. The SMILES string of the molecule is CC.CC.CCOC(=O)c1ccc(Cl)cc1-c1cc(C)c2n1CCCC2.CNc1ccc(Cl)cc1. The third kappa shape index (κ3) is 8.63. The first-order valence-corrected chi connectivity index (χ1v) is 13.3. The van der Waals surface area contributed by atoms with Crippen molar-refractivity contribution in [1.82, 2.24) is 4.57 Å². The van der Waals surface area contributed by atoms with Gasteiger partial charge in [-0.3, -0.25) is 0 Å². The highest BCUT2D eigenvalue weighted by Gasteiger charge is 2.21. The summed E-state index contributed by atoms with van der Waals surface area (Å²) < 4.78 is 7.52. The second kappa shape index (κ2) is 16.3. The maximum absolute atomic E-state index is 12.3. The third-order valence-electron chi connectivity index (χ3n) is 5.36.